The first-order valence-electron chi connectivity index (χ1n) is 6.35. The zero-order chi connectivity index (χ0) is 13.9. The van der Waals surface area contributed by atoms with Crippen molar-refractivity contribution in [2.45, 2.75) is 6.42 Å². The van der Waals surface area contributed by atoms with Crippen LogP contribution in [0.2, 0.25) is 0 Å². The Morgan fingerprint density at radius 1 is 1.25 bits per heavy atom. The van der Waals surface area contributed by atoms with Gasteiger partial charge in [0, 0.05) is 22.8 Å². The van der Waals surface area contributed by atoms with Gasteiger partial charge in [0.05, 0.1) is 25.2 Å². The average molecular weight is 266 g/mol. The number of ether oxygens (including phenoxy) is 1. The number of hydrogen-bond acceptors (Lipinski definition) is 3. The summed E-state index contributed by atoms with van der Waals surface area (Å²) in [6.07, 6.45) is 3.85. The summed E-state index contributed by atoms with van der Waals surface area (Å²) in [5, 5.41) is 1.07. The number of benzene rings is 1. The van der Waals surface area contributed by atoms with Crippen LogP contribution in [0.1, 0.15) is 16.1 Å². The number of fused-ring (bicyclic) bond motifs is 1. The molecule has 100 valence electrons. The molecule has 3 aromatic rings. The summed E-state index contributed by atoms with van der Waals surface area (Å²) in [5.41, 5.74) is 2.53. The molecule has 3 rings (SSSR count). The van der Waals surface area contributed by atoms with Crippen LogP contribution in [0.5, 0.6) is 5.75 Å². The Labute approximate surface area is 116 Å². The second-order valence-corrected chi connectivity index (χ2v) is 4.59. The summed E-state index contributed by atoms with van der Waals surface area (Å²) in [6.45, 7) is 0. The number of carbonyl (C=O) groups excluding carboxylic acids is 1. The van der Waals surface area contributed by atoms with Gasteiger partial charge in [0.15, 0.2) is 5.78 Å². The van der Waals surface area contributed by atoms with E-state index in [1.165, 1.54) is 0 Å². The third-order valence-electron chi connectivity index (χ3n) is 3.24. The summed E-state index contributed by atoms with van der Waals surface area (Å²) in [5.74, 6) is 0.824. The van der Waals surface area contributed by atoms with Crippen molar-refractivity contribution in [1.29, 1.82) is 0 Å². The number of nitrogens with zero attached hydrogens (tertiary/aromatic N) is 1. The van der Waals surface area contributed by atoms with Gasteiger partial charge in [0.25, 0.3) is 0 Å². The van der Waals surface area contributed by atoms with Crippen LogP contribution in [0, 0.1) is 0 Å². The van der Waals surface area contributed by atoms with Crippen LogP contribution in [0.3, 0.4) is 0 Å². The van der Waals surface area contributed by atoms with Crippen LogP contribution in [0.4, 0.5) is 0 Å². The Kier molecular flexibility index (Phi) is 3.21. The topological polar surface area (TPSA) is 55.0 Å². The minimum Gasteiger partial charge on any atom is -0.497 e. The fraction of sp³-hybridized carbons (Fsp3) is 0.125. The molecule has 0 radical (unpaired) electrons. The Morgan fingerprint density at radius 2 is 2.05 bits per heavy atom. The zero-order valence-corrected chi connectivity index (χ0v) is 11.1. The van der Waals surface area contributed by atoms with Gasteiger partial charge in [-0.15, -0.1) is 0 Å². The Balaban J connectivity index is 1.80. The van der Waals surface area contributed by atoms with Gasteiger partial charge >= 0.3 is 0 Å². The van der Waals surface area contributed by atoms with Crippen molar-refractivity contribution in [3.05, 3.63) is 60.0 Å². The molecular formula is C16H14N2O2. The first-order chi connectivity index (χ1) is 9.76. The van der Waals surface area contributed by atoms with E-state index in [2.05, 4.69) is 9.97 Å². The Morgan fingerprint density at radius 3 is 2.75 bits per heavy atom. The second-order valence-electron chi connectivity index (χ2n) is 4.59. The van der Waals surface area contributed by atoms with Gasteiger partial charge in [-0.3, -0.25) is 9.78 Å². The number of nitrogens with one attached hydrogen (secondary N) is 1. The van der Waals surface area contributed by atoms with Gasteiger partial charge in [-0.1, -0.05) is 0 Å². The predicted octanol–water partition coefficient (Wildman–Crippen LogP) is 3.00. The number of pyridine rings is 1. The van der Waals surface area contributed by atoms with Crippen molar-refractivity contribution in [3.63, 3.8) is 0 Å². The maximum Gasteiger partial charge on any atom is 0.168 e. The highest BCUT2D eigenvalue weighted by molar-refractivity contribution is 5.98. The van der Waals surface area contributed by atoms with Crippen LogP contribution < -0.4 is 4.74 Å². The van der Waals surface area contributed by atoms with Crippen molar-refractivity contribution < 1.29 is 9.53 Å². The molecule has 1 aromatic carbocycles. The normalized spacial score (nSPS) is 10.7. The van der Waals surface area contributed by atoms with E-state index in [1.54, 1.807) is 43.8 Å². The van der Waals surface area contributed by atoms with Crippen molar-refractivity contribution in [2.24, 2.45) is 0 Å². The smallest absolute Gasteiger partial charge is 0.168 e. The zero-order valence-electron chi connectivity index (χ0n) is 11.1. The maximum absolute atomic E-state index is 12.2. The summed E-state index contributed by atoms with van der Waals surface area (Å²) in [6, 6.07) is 11.1. The monoisotopic (exact) mass is 266 g/mol. The lowest BCUT2D eigenvalue weighted by Crippen LogP contribution is -2.03. The number of H-pyrrole nitrogens is 1. The summed E-state index contributed by atoms with van der Waals surface area (Å²) < 4.78 is 5.08. The van der Waals surface area contributed by atoms with Gasteiger partial charge in [0.1, 0.15) is 5.75 Å². The molecule has 0 aliphatic heterocycles. The first kappa shape index (κ1) is 12.4. The van der Waals surface area contributed by atoms with Crippen LogP contribution in [0.15, 0.2) is 48.8 Å². The summed E-state index contributed by atoms with van der Waals surface area (Å²) in [7, 11) is 1.61. The standard InChI is InChI=1S/C16H14N2O2/c1-20-14-4-2-11(3-5-14)16(19)9-13-8-12-6-7-17-10-15(12)18-13/h2-8,10,18H,9H2,1H3. The molecule has 4 nitrogen and oxygen atoms in total. The van der Waals surface area contributed by atoms with Crippen molar-refractivity contribution in [2.75, 3.05) is 7.11 Å². The molecular weight excluding hydrogens is 252 g/mol. The molecule has 0 bridgehead atoms. The van der Waals surface area contributed by atoms with Gasteiger partial charge in [-0.25, -0.2) is 0 Å². The molecule has 0 aliphatic carbocycles. The molecule has 20 heavy (non-hydrogen) atoms. The Hall–Kier alpha value is -2.62. The molecule has 2 heterocycles. The number of hydrogen-bond donors (Lipinski definition) is 1. The molecule has 0 aliphatic rings. The van der Waals surface area contributed by atoms with Crippen LogP contribution in [0.25, 0.3) is 10.9 Å². The number of ketones is 1. The SMILES string of the molecule is COc1ccc(C(=O)Cc2cc3ccncc3[nH]2)cc1. The van der Waals surface area contributed by atoms with E-state index in [-0.39, 0.29) is 5.78 Å². The lowest BCUT2D eigenvalue weighted by molar-refractivity contribution is 0.0992. The number of methoxy groups -OCH3 is 1. The highest BCUT2D eigenvalue weighted by atomic mass is 16.5. The van der Waals surface area contributed by atoms with Gasteiger partial charge in [-0.05, 0) is 36.4 Å². The second kappa shape index (κ2) is 5.17. The fourth-order valence-corrected chi connectivity index (χ4v) is 2.18. The third kappa shape index (κ3) is 2.40. The third-order valence-corrected chi connectivity index (χ3v) is 3.24. The lowest BCUT2D eigenvalue weighted by Gasteiger charge is -2.02. The van der Waals surface area contributed by atoms with Gasteiger partial charge in [0.2, 0.25) is 0 Å². The predicted molar refractivity (Wildman–Crippen MR) is 77.1 cm³/mol. The van der Waals surface area contributed by atoms with Gasteiger partial charge < -0.3 is 9.72 Å². The molecule has 0 atom stereocenters. The molecule has 0 fully saturated rings. The molecule has 0 saturated heterocycles. The molecule has 1 N–H and O–H groups in total. The molecule has 0 amide bonds. The first-order valence-corrected chi connectivity index (χ1v) is 6.35. The molecule has 2 aromatic heterocycles. The van der Waals surface area contributed by atoms with Crippen molar-refractivity contribution in [1.82, 2.24) is 9.97 Å². The van der Waals surface area contributed by atoms with E-state index in [4.69, 9.17) is 4.74 Å². The summed E-state index contributed by atoms with van der Waals surface area (Å²) in [4.78, 5) is 19.5. The van der Waals surface area contributed by atoms with Gasteiger partial charge in [-0.2, -0.15) is 0 Å². The minimum absolute atomic E-state index is 0.0761. The van der Waals surface area contributed by atoms with Crippen LogP contribution in [-0.4, -0.2) is 22.9 Å². The van der Waals surface area contributed by atoms with Crippen LogP contribution in [-0.2, 0) is 6.42 Å². The largest absolute Gasteiger partial charge is 0.497 e. The number of rotatable bonds is 4. The highest BCUT2D eigenvalue weighted by Gasteiger charge is 2.09. The van der Waals surface area contributed by atoms with E-state index in [0.717, 1.165) is 22.3 Å². The molecule has 4 heteroatoms. The minimum atomic E-state index is 0.0761. The number of aromatic nitrogens is 2. The lowest BCUT2D eigenvalue weighted by atomic mass is 10.1. The van der Waals surface area contributed by atoms with E-state index in [1.807, 2.05) is 12.1 Å². The van der Waals surface area contributed by atoms with E-state index >= 15 is 0 Å². The Bertz CT molecular complexity index is 712. The average Bonchev–Trinajstić information content (AvgIpc) is 2.89. The van der Waals surface area contributed by atoms with E-state index in [9.17, 15) is 4.79 Å². The van der Waals surface area contributed by atoms with E-state index < -0.39 is 0 Å². The van der Waals surface area contributed by atoms with Crippen molar-refractivity contribution >= 4 is 16.7 Å². The van der Waals surface area contributed by atoms with Crippen LogP contribution >= 0.6 is 0 Å². The number of carbonyl (C=O) groups is 1. The number of aromatic amines is 1. The quantitative estimate of drug-likeness (QED) is 0.738. The molecule has 0 unspecified atom stereocenters. The molecule has 0 saturated carbocycles. The van der Waals surface area contributed by atoms with Crippen molar-refractivity contribution in [3.8, 4) is 5.75 Å². The van der Waals surface area contributed by atoms with E-state index in [0.29, 0.717) is 12.0 Å². The highest BCUT2D eigenvalue weighted by Crippen LogP contribution is 2.17. The fourth-order valence-electron chi connectivity index (χ4n) is 2.18. The molecule has 0 spiro atoms. The maximum atomic E-state index is 12.2. The summed E-state index contributed by atoms with van der Waals surface area (Å²) >= 11 is 0. The number of Topliss-reactive ketones (excluding diaryl/α,β-unsaturated/α-hetero) is 1.